The second-order valence-corrected chi connectivity index (χ2v) is 6.31. The Labute approximate surface area is 154 Å². The Morgan fingerprint density at radius 1 is 1.31 bits per heavy atom. The van der Waals surface area contributed by atoms with Gasteiger partial charge in [0.25, 0.3) is 5.88 Å². The fourth-order valence-corrected chi connectivity index (χ4v) is 2.86. The molecule has 4 rings (SSSR count). The Kier molecular flexibility index (Phi) is 4.55. The molecule has 1 aliphatic rings. The SMILES string of the molecule is COc1nc(-n2ccc3ccc(Cl)c(OC4CC4)c32)ncc1OCCF. The van der Waals surface area contributed by atoms with Gasteiger partial charge in [-0.15, -0.1) is 0 Å². The predicted molar refractivity (Wildman–Crippen MR) is 95.5 cm³/mol. The molecule has 8 heteroatoms. The number of methoxy groups -OCH3 is 1. The van der Waals surface area contributed by atoms with Crippen molar-refractivity contribution in [3.63, 3.8) is 0 Å². The molecule has 0 atom stereocenters. The van der Waals surface area contributed by atoms with Gasteiger partial charge in [-0.3, -0.25) is 4.57 Å². The first-order valence-electron chi connectivity index (χ1n) is 8.27. The lowest BCUT2D eigenvalue weighted by molar-refractivity contribution is 0.255. The second kappa shape index (κ2) is 6.99. The van der Waals surface area contributed by atoms with Crippen LogP contribution in [0.5, 0.6) is 17.4 Å². The molecule has 1 aromatic carbocycles. The van der Waals surface area contributed by atoms with Gasteiger partial charge in [0, 0.05) is 11.6 Å². The molecule has 2 aromatic heterocycles. The van der Waals surface area contributed by atoms with E-state index in [-0.39, 0.29) is 24.3 Å². The van der Waals surface area contributed by atoms with E-state index >= 15 is 0 Å². The normalized spacial score (nSPS) is 13.8. The van der Waals surface area contributed by atoms with Crippen LogP contribution < -0.4 is 14.2 Å². The number of ether oxygens (including phenoxy) is 3. The molecule has 0 N–H and O–H groups in total. The molecule has 1 fully saturated rings. The lowest BCUT2D eigenvalue weighted by Gasteiger charge is -2.13. The van der Waals surface area contributed by atoms with Crippen LogP contribution in [0.3, 0.4) is 0 Å². The number of fused-ring (bicyclic) bond motifs is 1. The van der Waals surface area contributed by atoms with Gasteiger partial charge in [-0.05, 0) is 25.0 Å². The number of benzene rings is 1. The first kappa shape index (κ1) is 16.9. The van der Waals surface area contributed by atoms with Crippen molar-refractivity contribution >= 4 is 22.5 Å². The molecule has 0 aliphatic heterocycles. The number of rotatable bonds is 7. The van der Waals surface area contributed by atoms with Crippen molar-refractivity contribution in [1.82, 2.24) is 14.5 Å². The Morgan fingerprint density at radius 3 is 2.88 bits per heavy atom. The third-order valence-corrected chi connectivity index (χ3v) is 4.32. The first-order valence-corrected chi connectivity index (χ1v) is 8.65. The molecule has 136 valence electrons. The number of nitrogens with zero attached hydrogens (tertiary/aromatic N) is 3. The summed E-state index contributed by atoms with van der Waals surface area (Å²) in [5, 5.41) is 1.50. The molecule has 2 heterocycles. The number of aromatic nitrogens is 3. The predicted octanol–water partition coefficient (Wildman–Crippen LogP) is 3.97. The summed E-state index contributed by atoms with van der Waals surface area (Å²) in [4.78, 5) is 8.71. The molecule has 0 unspecified atom stereocenters. The zero-order valence-corrected chi connectivity index (χ0v) is 14.9. The van der Waals surface area contributed by atoms with Crippen molar-refractivity contribution < 1.29 is 18.6 Å². The largest absolute Gasteiger partial charge is 0.487 e. The monoisotopic (exact) mass is 377 g/mol. The van der Waals surface area contributed by atoms with Crippen molar-refractivity contribution in [3.8, 4) is 23.3 Å². The van der Waals surface area contributed by atoms with Crippen LogP contribution in [0.2, 0.25) is 5.02 Å². The minimum absolute atomic E-state index is 0.0828. The van der Waals surface area contributed by atoms with Gasteiger partial charge in [0.1, 0.15) is 13.3 Å². The molecule has 3 aromatic rings. The number of alkyl halides is 1. The van der Waals surface area contributed by atoms with Gasteiger partial charge in [-0.25, -0.2) is 9.37 Å². The van der Waals surface area contributed by atoms with Gasteiger partial charge in [0.05, 0.1) is 29.9 Å². The standard InChI is InChI=1S/C18H17ClFN3O3/c1-24-17-14(25-9-7-20)10-21-18(22-17)23-8-6-11-2-5-13(19)16(15(11)23)26-12-3-4-12/h2,5-6,8,10,12H,3-4,7,9H2,1H3. The fourth-order valence-electron chi connectivity index (χ4n) is 2.66. The highest BCUT2D eigenvalue weighted by molar-refractivity contribution is 6.33. The Morgan fingerprint density at radius 2 is 2.15 bits per heavy atom. The molecular weight excluding hydrogens is 361 g/mol. The number of halogens is 2. The topological polar surface area (TPSA) is 58.4 Å². The van der Waals surface area contributed by atoms with Gasteiger partial charge in [-0.1, -0.05) is 17.7 Å². The van der Waals surface area contributed by atoms with Crippen molar-refractivity contribution in [2.75, 3.05) is 20.4 Å². The summed E-state index contributed by atoms with van der Waals surface area (Å²) >= 11 is 6.37. The third kappa shape index (κ3) is 3.14. The van der Waals surface area contributed by atoms with Crippen LogP contribution in [-0.2, 0) is 0 Å². The van der Waals surface area contributed by atoms with E-state index in [2.05, 4.69) is 9.97 Å². The third-order valence-electron chi connectivity index (χ3n) is 4.02. The highest BCUT2D eigenvalue weighted by Gasteiger charge is 2.26. The Hall–Kier alpha value is -2.54. The van der Waals surface area contributed by atoms with Crippen LogP contribution in [0.1, 0.15) is 12.8 Å². The van der Waals surface area contributed by atoms with E-state index in [1.165, 1.54) is 13.3 Å². The summed E-state index contributed by atoms with van der Waals surface area (Å²) in [6.07, 6.45) is 5.57. The number of hydrogen-bond acceptors (Lipinski definition) is 5. The molecular formula is C18H17ClFN3O3. The molecule has 0 radical (unpaired) electrons. The molecule has 1 saturated carbocycles. The summed E-state index contributed by atoms with van der Waals surface area (Å²) in [7, 11) is 1.47. The van der Waals surface area contributed by atoms with E-state index in [1.54, 1.807) is 4.57 Å². The molecule has 6 nitrogen and oxygen atoms in total. The van der Waals surface area contributed by atoms with E-state index in [4.69, 9.17) is 25.8 Å². The van der Waals surface area contributed by atoms with E-state index in [9.17, 15) is 4.39 Å². The molecule has 0 saturated heterocycles. The second-order valence-electron chi connectivity index (χ2n) is 5.90. The summed E-state index contributed by atoms with van der Waals surface area (Å²) in [6.45, 7) is -0.686. The summed E-state index contributed by atoms with van der Waals surface area (Å²) in [6, 6.07) is 5.68. The Balaban J connectivity index is 1.80. The van der Waals surface area contributed by atoms with Crippen LogP contribution in [0.25, 0.3) is 16.9 Å². The minimum atomic E-state index is -0.604. The van der Waals surface area contributed by atoms with Crippen molar-refractivity contribution in [2.45, 2.75) is 18.9 Å². The lowest BCUT2D eigenvalue weighted by atomic mass is 10.2. The van der Waals surface area contributed by atoms with E-state index < -0.39 is 6.67 Å². The van der Waals surface area contributed by atoms with Crippen molar-refractivity contribution in [2.24, 2.45) is 0 Å². The van der Waals surface area contributed by atoms with Crippen LogP contribution >= 0.6 is 11.6 Å². The summed E-state index contributed by atoms with van der Waals surface area (Å²) in [5.74, 6) is 1.53. The minimum Gasteiger partial charge on any atom is -0.487 e. The maximum Gasteiger partial charge on any atom is 0.261 e. The van der Waals surface area contributed by atoms with Gasteiger partial charge >= 0.3 is 0 Å². The fraction of sp³-hybridized carbons (Fsp3) is 0.333. The average Bonchev–Trinajstić information content (AvgIpc) is 3.38. The molecule has 26 heavy (non-hydrogen) atoms. The van der Waals surface area contributed by atoms with E-state index in [0.717, 1.165) is 23.7 Å². The van der Waals surface area contributed by atoms with Crippen LogP contribution in [0, 0.1) is 0 Å². The van der Waals surface area contributed by atoms with Gasteiger partial charge < -0.3 is 14.2 Å². The van der Waals surface area contributed by atoms with Gasteiger partial charge in [0.15, 0.2) is 11.5 Å². The molecule has 1 aliphatic carbocycles. The average molecular weight is 378 g/mol. The summed E-state index contributed by atoms with van der Waals surface area (Å²) < 4.78 is 30.7. The lowest BCUT2D eigenvalue weighted by Crippen LogP contribution is -2.07. The van der Waals surface area contributed by atoms with Crippen LogP contribution in [0.4, 0.5) is 4.39 Å². The molecule has 0 amide bonds. The van der Waals surface area contributed by atoms with Crippen LogP contribution in [-0.4, -0.2) is 41.0 Å². The smallest absolute Gasteiger partial charge is 0.261 e. The quantitative estimate of drug-likeness (QED) is 0.623. The van der Waals surface area contributed by atoms with Gasteiger partial charge in [-0.2, -0.15) is 4.98 Å². The zero-order chi connectivity index (χ0) is 18.1. The molecule has 0 bridgehead atoms. The Bertz CT molecular complexity index is 943. The van der Waals surface area contributed by atoms with E-state index in [1.807, 2.05) is 24.4 Å². The van der Waals surface area contributed by atoms with E-state index in [0.29, 0.717) is 16.7 Å². The van der Waals surface area contributed by atoms with Crippen molar-refractivity contribution in [1.29, 1.82) is 0 Å². The van der Waals surface area contributed by atoms with Gasteiger partial charge in [0.2, 0.25) is 5.95 Å². The van der Waals surface area contributed by atoms with Crippen LogP contribution in [0.15, 0.2) is 30.6 Å². The zero-order valence-electron chi connectivity index (χ0n) is 14.1. The highest BCUT2D eigenvalue weighted by atomic mass is 35.5. The number of hydrogen-bond donors (Lipinski definition) is 0. The first-order chi connectivity index (χ1) is 12.7. The maximum absolute atomic E-state index is 12.3. The maximum atomic E-state index is 12.3. The highest BCUT2D eigenvalue weighted by Crippen LogP contribution is 2.39. The van der Waals surface area contributed by atoms with Crippen molar-refractivity contribution in [3.05, 3.63) is 35.6 Å². The molecule has 0 spiro atoms. The summed E-state index contributed by atoms with van der Waals surface area (Å²) in [5.41, 5.74) is 0.795.